The van der Waals surface area contributed by atoms with Crippen LogP contribution in [0.25, 0.3) is 11.3 Å². The molecule has 0 fully saturated rings. The zero-order valence-corrected chi connectivity index (χ0v) is 14.5. The summed E-state index contributed by atoms with van der Waals surface area (Å²) in [6, 6.07) is 20.9. The summed E-state index contributed by atoms with van der Waals surface area (Å²) in [6.45, 7) is 1.55. The van der Waals surface area contributed by atoms with Gasteiger partial charge in [0.25, 0.3) is 0 Å². The monoisotopic (exact) mass is 357 g/mol. The van der Waals surface area contributed by atoms with Gasteiger partial charge in [-0.25, -0.2) is 4.79 Å². The highest BCUT2D eigenvalue weighted by atomic mass is 35.5. The number of carbonyl (C=O) groups is 1. The molecule has 3 rings (SSSR count). The smallest absolute Gasteiger partial charge is 0.335 e. The molecule has 0 saturated carbocycles. The molecule has 2 aromatic carbocycles. The second-order valence-electron chi connectivity index (χ2n) is 5.56. The first kappa shape index (κ1) is 18.8. The van der Waals surface area contributed by atoms with Crippen molar-refractivity contribution in [3.8, 4) is 11.3 Å². The number of halogens is 1. The molecule has 4 nitrogen and oxygen atoms in total. The number of furan rings is 1. The summed E-state index contributed by atoms with van der Waals surface area (Å²) < 4.78 is 5.81. The highest BCUT2D eigenvalue weighted by Crippen LogP contribution is 2.22. The number of aromatic carboxylic acids is 1. The lowest BCUT2D eigenvalue weighted by Gasteiger charge is -2.03. The first-order valence-corrected chi connectivity index (χ1v) is 7.89. The first-order valence-electron chi connectivity index (χ1n) is 7.89. The lowest BCUT2D eigenvalue weighted by molar-refractivity contribution is 0.0697. The molecule has 0 atom stereocenters. The van der Waals surface area contributed by atoms with E-state index in [1.165, 1.54) is 5.56 Å². The van der Waals surface area contributed by atoms with Crippen molar-refractivity contribution < 1.29 is 14.3 Å². The van der Waals surface area contributed by atoms with Crippen molar-refractivity contribution in [3.05, 3.63) is 83.6 Å². The van der Waals surface area contributed by atoms with Crippen molar-refractivity contribution in [2.24, 2.45) is 0 Å². The minimum Gasteiger partial charge on any atom is -0.478 e. The molecule has 1 aromatic heterocycles. The van der Waals surface area contributed by atoms with Crippen LogP contribution in [0.5, 0.6) is 0 Å². The fourth-order valence-corrected chi connectivity index (χ4v) is 2.49. The van der Waals surface area contributed by atoms with E-state index in [1.54, 1.807) is 24.3 Å². The van der Waals surface area contributed by atoms with Crippen LogP contribution in [-0.4, -0.2) is 17.6 Å². The van der Waals surface area contributed by atoms with Crippen molar-refractivity contribution in [1.82, 2.24) is 5.32 Å². The molecule has 0 radical (unpaired) electrons. The number of hydrogen-bond acceptors (Lipinski definition) is 3. The predicted molar refractivity (Wildman–Crippen MR) is 100 cm³/mol. The molecule has 0 saturated heterocycles. The summed E-state index contributed by atoms with van der Waals surface area (Å²) in [6.07, 6.45) is 0.977. The molecule has 0 amide bonds. The molecule has 2 N–H and O–H groups in total. The Morgan fingerprint density at radius 2 is 1.68 bits per heavy atom. The molecular formula is C20H20ClNO3. The molecule has 0 aliphatic rings. The Labute approximate surface area is 152 Å². The quantitative estimate of drug-likeness (QED) is 0.615. The summed E-state index contributed by atoms with van der Waals surface area (Å²) in [5, 5.41) is 12.3. The van der Waals surface area contributed by atoms with Crippen molar-refractivity contribution >= 4 is 18.4 Å². The molecule has 5 heteroatoms. The van der Waals surface area contributed by atoms with E-state index in [4.69, 9.17) is 9.52 Å². The highest BCUT2D eigenvalue weighted by molar-refractivity contribution is 5.88. The van der Waals surface area contributed by atoms with E-state index in [0.717, 1.165) is 30.0 Å². The molecule has 0 unspecified atom stereocenters. The van der Waals surface area contributed by atoms with Crippen molar-refractivity contribution in [3.63, 3.8) is 0 Å². The Kier molecular flexibility index (Phi) is 6.81. The SMILES string of the molecule is Cl.O=C(O)c1ccc(-c2ccc(CNCCc3ccccc3)o2)cc1. The largest absolute Gasteiger partial charge is 0.478 e. The fourth-order valence-electron chi connectivity index (χ4n) is 2.49. The number of nitrogens with one attached hydrogen (secondary N) is 1. The number of rotatable bonds is 7. The van der Waals surface area contributed by atoms with Crippen molar-refractivity contribution in [1.29, 1.82) is 0 Å². The molecule has 25 heavy (non-hydrogen) atoms. The molecule has 0 aliphatic carbocycles. The van der Waals surface area contributed by atoms with Gasteiger partial charge in [-0.05, 0) is 42.8 Å². The summed E-state index contributed by atoms with van der Waals surface area (Å²) >= 11 is 0. The zero-order valence-electron chi connectivity index (χ0n) is 13.6. The number of carboxylic acid groups (broad SMARTS) is 1. The Hall–Kier alpha value is -2.56. The van der Waals surface area contributed by atoms with Crippen LogP contribution in [0, 0.1) is 0 Å². The maximum Gasteiger partial charge on any atom is 0.335 e. The normalized spacial score (nSPS) is 10.2. The van der Waals surface area contributed by atoms with Gasteiger partial charge in [-0.15, -0.1) is 12.4 Å². The van der Waals surface area contributed by atoms with E-state index < -0.39 is 5.97 Å². The molecular weight excluding hydrogens is 338 g/mol. The van der Waals surface area contributed by atoms with E-state index in [2.05, 4.69) is 17.4 Å². The number of carboxylic acids is 1. The Morgan fingerprint density at radius 3 is 2.36 bits per heavy atom. The molecule has 0 spiro atoms. The van der Waals surface area contributed by atoms with Gasteiger partial charge in [-0.3, -0.25) is 0 Å². The van der Waals surface area contributed by atoms with Crippen LogP contribution < -0.4 is 5.32 Å². The third-order valence-corrected chi connectivity index (χ3v) is 3.81. The molecule has 0 aliphatic heterocycles. The van der Waals surface area contributed by atoms with Crippen molar-refractivity contribution in [2.75, 3.05) is 6.54 Å². The van der Waals surface area contributed by atoms with Gasteiger partial charge in [0.15, 0.2) is 0 Å². The minimum atomic E-state index is -0.927. The minimum absolute atomic E-state index is 0. The van der Waals surface area contributed by atoms with E-state index >= 15 is 0 Å². The third-order valence-electron chi connectivity index (χ3n) is 3.81. The first-order chi connectivity index (χ1) is 11.7. The van der Waals surface area contributed by atoms with Gasteiger partial charge in [0, 0.05) is 5.56 Å². The van der Waals surface area contributed by atoms with Crippen LogP contribution >= 0.6 is 12.4 Å². The Bertz CT molecular complexity index is 797. The van der Waals surface area contributed by atoms with Gasteiger partial charge in [-0.1, -0.05) is 42.5 Å². The van der Waals surface area contributed by atoms with Crippen LogP contribution in [0.2, 0.25) is 0 Å². The average Bonchev–Trinajstić information content (AvgIpc) is 3.09. The van der Waals surface area contributed by atoms with Gasteiger partial charge in [0.1, 0.15) is 11.5 Å². The third kappa shape index (κ3) is 5.21. The Morgan fingerprint density at radius 1 is 0.960 bits per heavy atom. The summed E-state index contributed by atoms with van der Waals surface area (Å²) in [5.41, 5.74) is 2.45. The maximum atomic E-state index is 10.9. The standard InChI is InChI=1S/C20H19NO3.ClH/c22-20(23)17-8-6-16(7-9-17)19-11-10-18(24-19)14-21-13-12-15-4-2-1-3-5-15;/h1-11,21H,12-14H2,(H,22,23);1H. The van der Waals surface area contributed by atoms with Gasteiger partial charge in [0.05, 0.1) is 12.1 Å². The summed E-state index contributed by atoms with van der Waals surface area (Å²) in [4.78, 5) is 10.9. The van der Waals surface area contributed by atoms with E-state index in [0.29, 0.717) is 6.54 Å². The van der Waals surface area contributed by atoms with Gasteiger partial charge >= 0.3 is 5.97 Å². The maximum absolute atomic E-state index is 10.9. The summed E-state index contributed by atoms with van der Waals surface area (Å²) in [5.74, 6) is 0.677. The molecule has 0 bridgehead atoms. The van der Waals surface area contributed by atoms with Gasteiger partial charge < -0.3 is 14.8 Å². The van der Waals surface area contributed by atoms with Gasteiger partial charge in [0.2, 0.25) is 0 Å². The van der Waals surface area contributed by atoms with Crippen LogP contribution in [0.15, 0.2) is 71.1 Å². The number of benzene rings is 2. The second-order valence-corrected chi connectivity index (χ2v) is 5.56. The lowest BCUT2D eigenvalue weighted by atomic mass is 10.1. The summed E-state index contributed by atoms with van der Waals surface area (Å²) in [7, 11) is 0. The lowest BCUT2D eigenvalue weighted by Crippen LogP contribution is -2.16. The fraction of sp³-hybridized carbons (Fsp3) is 0.150. The average molecular weight is 358 g/mol. The van der Waals surface area contributed by atoms with Crippen LogP contribution in [0.4, 0.5) is 0 Å². The van der Waals surface area contributed by atoms with E-state index in [9.17, 15) is 4.79 Å². The van der Waals surface area contributed by atoms with Crippen LogP contribution in [-0.2, 0) is 13.0 Å². The predicted octanol–water partition coefficient (Wildman–Crippen LogP) is 4.40. The number of hydrogen-bond donors (Lipinski definition) is 2. The zero-order chi connectivity index (χ0) is 16.8. The molecule has 130 valence electrons. The topological polar surface area (TPSA) is 62.5 Å². The molecule has 3 aromatic rings. The van der Waals surface area contributed by atoms with Crippen molar-refractivity contribution in [2.45, 2.75) is 13.0 Å². The van der Waals surface area contributed by atoms with Crippen LogP contribution in [0.3, 0.4) is 0 Å². The Balaban J connectivity index is 0.00000225. The highest BCUT2D eigenvalue weighted by Gasteiger charge is 2.07. The van der Waals surface area contributed by atoms with Gasteiger partial charge in [-0.2, -0.15) is 0 Å². The second kappa shape index (κ2) is 9.06. The molecule has 1 heterocycles. The van der Waals surface area contributed by atoms with Crippen LogP contribution in [0.1, 0.15) is 21.7 Å². The van der Waals surface area contributed by atoms with E-state index in [1.807, 2.05) is 30.3 Å². The van der Waals surface area contributed by atoms with E-state index in [-0.39, 0.29) is 18.0 Å².